The van der Waals surface area contributed by atoms with Crippen LogP contribution in [0.15, 0.2) is 30.5 Å². The van der Waals surface area contributed by atoms with Crippen molar-refractivity contribution >= 4 is 15.9 Å². The quantitative estimate of drug-likeness (QED) is 0.627. The van der Waals surface area contributed by atoms with E-state index >= 15 is 0 Å². The standard InChI is InChI=1S/C15H18BrN3/c1-19-10-13(17-18-19)9-12-7-4-6-11-5-2-3-8-14(11)15(12)16/h2-3,5,8,10,12,15H,4,6-7,9H2,1H3. The summed E-state index contributed by atoms with van der Waals surface area (Å²) in [7, 11) is 1.92. The van der Waals surface area contributed by atoms with Crippen LogP contribution in [0.5, 0.6) is 0 Å². The van der Waals surface area contributed by atoms with Gasteiger partial charge in [-0.05, 0) is 42.7 Å². The van der Waals surface area contributed by atoms with Gasteiger partial charge in [-0.3, -0.25) is 4.68 Å². The largest absolute Gasteiger partial charge is 0.255 e. The van der Waals surface area contributed by atoms with Crippen LogP contribution in [0, 0.1) is 5.92 Å². The predicted octanol–water partition coefficient (Wildman–Crippen LogP) is 3.45. The van der Waals surface area contributed by atoms with Gasteiger partial charge in [0.15, 0.2) is 0 Å². The van der Waals surface area contributed by atoms with Gasteiger partial charge in [0.1, 0.15) is 0 Å². The fraction of sp³-hybridized carbons (Fsp3) is 0.467. The third-order valence-corrected chi connectivity index (χ3v) is 5.15. The second-order valence-corrected chi connectivity index (χ2v) is 6.33. The third-order valence-electron chi connectivity index (χ3n) is 3.91. The highest BCUT2D eigenvalue weighted by Gasteiger charge is 2.26. The molecule has 3 rings (SSSR count). The number of hydrogen-bond donors (Lipinski definition) is 0. The number of nitrogens with zero attached hydrogens (tertiary/aromatic N) is 3. The molecule has 0 bridgehead atoms. The van der Waals surface area contributed by atoms with E-state index in [2.05, 4.69) is 50.5 Å². The lowest BCUT2D eigenvalue weighted by atomic mass is 9.92. The molecular weight excluding hydrogens is 302 g/mol. The fourth-order valence-electron chi connectivity index (χ4n) is 2.95. The summed E-state index contributed by atoms with van der Waals surface area (Å²) in [5, 5.41) is 8.25. The van der Waals surface area contributed by atoms with Crippen LogP contribution < -0.4 is 0 Å². The molecule has 0 radical (unpaired) electrons. The molecule has 1 heterocycles. The number of rotatable bonds is 2. The van der Waals surface area contributed by atoms with Gasteiger partial charge >= 0.3 is 0 Å². The van der Waals surface area contributed by atoms with Gasteiger partial charge in [0.25, 0.3) is 0 Å². The predicted molar refractivity (Wildman–Crippen MR) is 79.2 cm³/mol. The highest BCUT2D eigenvalue weighted by molar-refractivity contribution is 9.09. The second-order valence-electron chi connectivity index (χ2n) is 5.34. The van der Waals surface area contributed by atoms with Crippen molar-refractivity contribution in [3.8, 4) is 0 Å². The first-order chi connectivity index (χ1) is 9.24. The van der Waals surface area contributed by atoms with Crippen molar-refractivity contribution in [2.75, 3.05) is 0 Å². The molecule has 0 saturated heterocycles. The van der Waals surface area contributed by atoms with Gasteiger partial charge in [-0.25, -0.2) is 0 Å². The van der Waals surface area contributed by atoms with E-state index in [0.717, 1.165) is 12.1 Å². The van der Waals surface area contributed by atoms with Crippen molar-refractivity contribution in [2.45, 2.75) is 30.5 Å². The maximum absolute atomic E-state index is 4.22. The summed E-state index contributed by atoms with van der Waals surface area (Å²) < 4.78 is 1.78. The Morgan fingerprint density at radius 3 is 3.00 bits per heavy atom. The van der Waals surface area contributed by atoms with Crippen molar-refractivity contribution in [2.24, 2.45) is 13.0 Å². The summed E-state index contributed by atoms with van der Waals surface area (Å²) in [6.45, 7) is 0. The Bertz CT molecular complexity index is 564. The average Bonchev–Trinajstić information content (AvgIpc) is 2.75. The van der Waals surface area contributed by atoms with E-state index in [4.69, 9.17) is 0 Å². The summed E-state index contributed by atoms with van der Waals surface area (Å²) in [5.74, 6) is 0.598. The number of fused-ring (bicyclic) bond motifs is 1. The van der Waals surface area contributed by atoms with Gasteiger partial charge in [0.05, 0.1) is 5.69 Å². The van der Waals surface area contributed by atoms with Crippen LogP contribution in [-0.4, -0.2) is 15.0 Å². The minimum absolute atomic E-state index is 0.424. The molecule has 0 amide bonds. The highest BCUT2D eigenvalue weighted by atomic mass is 79.9. The van der Waals surface area contributed by atoms with Crippen LogP contribution in [0.2, 0.25) is 0 Å². The SMILES string of the molecule is Cn1cc(CC2CCCc3ccccc3C2Br)nn1. The van der Waals surface area contributed by atoms with E-state index in [0.29, 0.717) is 10.7 Å². The normalized spacial score (nSPS) is 22.8. The summed E-state index contributed by atoms with van der Waals surface area (Å²) in [5.41, 5.74) is 4.04. The molecule has 19 heavy (non-hydrogen) atoms. The van der Waals surface area contributed by atoms with Crippen LogP contribution in [0.1, 0.15) is 34.5 Å². The number of aryl methyl sites for hydroxylation is 2. The maximum Gasteiger partial charge on any atom is 0.0830 e. The Hall–Kier alpha value is -1.16. The Morgan fingerprint density at radius 1 is 1.37 bits per heavy atom. The Morgan fingerprint density at radius 2 is 2.21 bits per heavy atom. The van der Waals surface area contributed by atoms with Crippen LogP contribution in [0.25, 0.3) is 0 Å². The zero-order chi connectivity index (χ0) is 13.2. The van der Waals surface area contributed by atoms with E-state index in [-0.39, 0.29) is 0 Å². The van der Waals surface area contributed by atoms with Gasteiger partial charge in [-0.2, -0.15) is 0 Å². The number of halogens is 1. The summed E-state index contributed by atoms with van der Waals surface area (Å²) in [6.07, 6.45) is 6.70. The molecule has 2 aromatic rings. The lowest BCUT2D eigenvalue weighted by molar-refractivity contribution is 0.470. The molecule has 100 valence electrons. The molecule has 4 heteroatoms. The minimum atomic E-state index is 0.424. The lowest BCUT2D eigenvalue weighted by Gasteiger charge is -2.20. The van der Waals surface area contributed by atoms with Gasteiger partial charge in [-0.1, -0.05) is 45.4 Å². The van der Waals surface area contributed by atoms with Crippen molar-refractivity contribution in [3.63, 3.8) is 0 Å². The first-order valence-corrected chi connectivity index (χ1v) is 7.72. The van der Waals surface area contributed by atoms with Crippen LogP contribution in [0.3, 0.4) is 0 Å². The Balaban J connectivity index is 1.83. The molecule has 0 saturated carbocycles. The number of alkyl halides is 1. The molecular formula is C15H18BrN3. The number of aromatic nitrogens is 3. The fourth-order valence-corrected chi connectivity index (χ4v) is 3.85. The monoisotopic (exact) mass is 319 g/mol. The molecule has 3 nitrogen and oxygen atoms in total. The summed E-state index contributed by atoms with van der Waals surface area (Å²) in [6, 6.07) is 8.79. The highest BCUT2D eigenvalue weighted by Crippen LogP contribution is 2.40. The first-order valence-electron chi connectivity index (χ1n) is 6.81. The third kappa shape index (κ3) is 2.73. The van der Waals surface area contributed by atoms with E-state index in [9.17, 15) is 0 Å². The Labute approximate surface area is 122 Å². The van der Waals surface area contributed by atoms with Crippen molar-refractivity contribution in [3.05, 3.63) is 47.3 Å². The second kappa shape index (κ2) is 5.45. The average molecular weight is 320 g/mol. The first kappa shape index (κ1) is 12.9. The van der Waals surface area contributed by atoms with E-state index < -0.39 is 0 Å². The zero-order valence-electron chi connectivity index (χ0n) is 11.1. The molecule has 0 fully saturated rings. The molecule has 1 aromatic heterocycles. The van der Waals surface area contributed by atoms with E-state index in [1.807, 2.05) is 13.2 Å². The number of benzene rings is 1. The van der Waals surface area contributed by atoms with Gasteiger partial charge in [0, 0.05) is 18.1 Å². The van der Waals surface area contributed by atoms with E-state index in [1.165, 1.54) is 30.4 Å². The van der Waals surface area contributed by atoms with Crippen LogP contribution in [-0.2, 0) is 19.9 Å². The molecule has 0 spiro atoms. The minimum Gasteiger partial charge on any atom is -0.255 e. The molecule has 2 atom stereocenters. The summed E-state index contributed by atoms with van der Waals surface area (Å²) >= 11 is 3.91. The molecule has 1 aliphatic rings. The molecule has 0 aliphatic heterocycles. The van der Waals surface area contributed by atoms with Crippen molar-refractivity contribution < 1.29 is 0 Å². The van der Waals surface area contributed by atoms with Crippen molar-refractivity contribution in [1.29, 1.82) is 0 Å². The number of hydrogen-bond acceptors (Lipinski definition) is 2. The van der Waals surface area contributed by atoms with Gasteiger partial charge in [-0.15, -0.1) is 5.10 Å². The summed E-state index contributed by atoms with van der Waals surface area (Å²) in [4.78, 5) is 0.424. The van der Waals surface area contributed by atoms with Crippen LogP contribution in [0.4, 0.5) is 0 Å². The molecule has 1 aromatic carbocycles. The zero-order valence-corrected chi connectivity index (χ0v) is 12.7. The molecule has 2 unspecified atom stereocenters. The lowest BCUT2D eigenvalue weighted by Crippen LogP contribution is -2.10. The smallest absolute Gasteiger partial charge is 0.0830 e. The maximum atomic E-state index is 4.22. The van der Waals surface area contributed by atoms with Gasteiger partial charge < -0.3 is 0 Å². The van der Waals surface area contributed by atoms with Gasteiger partial charge in [0.2, 0.25) is 0 Å². The van der Waals surface area contributed by atoms with Crippen molar-refractivity contribution in [1.82, 2.24) is 15.0 Å². The van der Waals surface area contributed by atoms with Crippen LogP contribution >= 0.6 is 15.9 Å². The Kier molecular flexibility index (Phi) is 3.69. The molecule has 0 N–H and O–H groups in total. The van der Waals surface area contributed by atoms with E-state index in [1.54, 1.807) is 4.68 Å². The topological polar surface area (TPSA) is 30.7 Å². The molecule has 1 aliphatic carbocycles.